The standard InChI is InChI=1S/C41H29N/c1-27-31-19-8-11-24-36(31)41(37-25-12-9-21-33(37)34-22-10-13-26-38(34)41)39(27)40(42-28(2)29-15-4-3-5-16-29)35-23-14-18-30-17-6-7-20-32(30)35/h3-26H,2H2,1H3/b42-40-. The Morgan fingerprint density at radius 2 is 1.07 bits per heavy atom. The molecule has 0 saturated carbocycles. The summed E-state index contributed by atoms with van der Waals surface area (Å²) in [5.41, 5.74) is 13.6. The highest BCUT2D eigenvalue weighted by atomic mass is 14.8. The van der Waals surface area contributed by atoms with Gasteiger partial charge in [0.15, 0.2) is 0 Å². The van der Waals surface area contributed by atoms with Gasteiger partial charge in [0, 0.05) is 11.1 Å². The number of hydrogen-bond acceptors (Lipinski definition) is 1. The second-order valence-electron chi connectivity index (χ2n) is 11.2. The van der Waals surface area contributed by atoms with Crippen LogP contribution in [0.4, 0.5) is 0 Å². The molecule has 0 bridgehead atoms. The summed E-state index contributed by atoms with van der Waals surface area (Å²) in [4.78, 5) is 5.51. The predicted molar refractivity (Wildman–Crippen MR) is 177 cm³/mol. The number of fused-ring (bicyclic) bond motifs is 8. The van der Waals surface area contributed by atoms with E-state index in [1.807, 2.05) is 6.07 Å². The lowest BCUT2D eigenvalue weighted by molar-refractivity contribution is 0.796. The molecule has 42 heavy (non-hydrogen) atoms. The molecule has 1 heteroatoms. The molecule has 2 aliphatic rings. The van der Waals surface area contributed by atoms with Crippen LogP contribution in [0.25, 0.3) is 33.2 Å². The Morgan fingerprint density at radius 3 is 1.76 bits per heavy atom. The largest absolute Gasteiger partial charge is 0.248 e. The second-order valence-corrected chi connectivity index (χ2v) is 11.2. The lowest BCUT2D eigenvalue weighted by Gasteiger charge is -2.34. The molecule has 6 aromatic rings. The van der Waals surface area contributed by atoms with Gasteiger partial charge < -0.3 is 0 Å². The molecule has 1 nitrogen and oxygen atoms in total. The highest BCUT2D eigenvalue weighted by Crippen LogP contribution is 2.62. The first-order valence-corrected chi connectivity index (χ1v) is 14.5. The minimum atomic E-state index is -0.499. The van der Waals surface area contributed by atoms with Crippen molar-refractivity contribution in [3.8, 4) is 11.1 Å². The zero-order valence-electron chi connectivity index (χ0n) is 23.5. The number of allylic oxidation sites excluding steroid dienone is 2. The van der Waals surface area contributed by atoms with E-state index in [-0.39, 0.29) is 0 Å². The van der Waals surface area contributed by atoms with Crippen LogP contribution in [-0.2, 0) is 5.41 Å². The van der Waals surface area contributed by atoms with Crippen molar-refractivity contribution in [1.82, 2.24) is 0 Å². The molecule has 6 aromatic carbocycles. The molecular weight excluding hydrogens is 506 g/mol. The second kappa shape index (κ2) is 9.39. The van der Waals surface area contributed by atoms with Crippen molar-refractivity contribution in [3.05, 3.63) is 191 Å². The summed E-state index contributed by atoms with van der Waals surface area (Å²) in [6, 6.07) is 52.3. The molecule has 0 radical (unpaired) electrons. The zero-order valence-corrected chi connectivity index (χ0v) is 23.5. The van der Waals surface area contributed by atoms with E-state index >= 15 is 0 Å². The van der Waals surface area contributed by atoms with Crippen molar-refractivity contribution in [2.45, 2.75) is 12.3 Å². The van der Waals surface area contributed by atoms with Crippen molar-refractivity contribution in [3.63, 3.8) is 0 Å². The van der Waals surface area contributed by atoms with Crippen LogP contribution >= 0.6 is 0 Å². The van der Waals surface area contributed by atoms with Crippen LogP contribution in [0.2, 0.25) is 0 Å². The van der Waals surface area contributed by atoms with Crippen LogP contribution in [0.1, 0.15) is 40.3 Å². The molecule has 0 aromatic heterocycles. The fraction of sp³-hybridized carbons (Fsp3) is 0.0488. The maximum Gasteiger partial charge on any atom is 0.0766 e. The molecule has 0 atom stereocenters. The van der Waals surface area contributed by atoms with E-state index in [0.717, 1.165) is 22.5 Å². The Bertz CT molecular complexity index is 2060. The van der Waals surface area contributed by atoms with Gasteiger partial charge in [-0.2, -0.15) is 0 Å². The molecule has 8 rings (SSSR count). The van der Waals surface area contributed by atoms with Crippen LogP contribution in [0.15, 0.2) is 163 Å². The molecule has 0 heterocycles. The third-order valence-electron chi connectivity index (χ3n) is 9.07. The van der Waals surface area contributed by atoms with Crippen molar-refractivity contribution in [1.29, 1.82) is 0 Å². The van der Waals surface area contributed by atoms with Gasteiger partial charge in [0.1, 0.15) is 0 Å². The maximum atomic E-state index is 5.51. The average molecular weight is 536 g/mol. The third-order valence-corrected chi connectivity index (χ3v) is 9.07. The molecule has 0 unspecified atom stereocenters. The van der Waals surface area contributed by atoms with Crippen molar-refractivity contribution < 1.29 is 0 Å². The SMILES string of the molecule is C=C(/N=C(\C1=C(C)c2ccccc2C12c1ccccc1-c1ccccc12)c1cccc2ccccc12)c1ccccc1. The predicted octanol–water partition coefficient (Wildman–Crippen LogP) is 10.1. The van der Waals surface area contributed by atoms with Gasteiger partial charge in [-0.25, -0.2) is 4.99 Å². The van der Waals surface area contributed by atoms with Crippen molar-refractivity contribution in [2.24, 2.45) is 4.99 Å². The van der Waals surface area contributed by atoms with Crippen molar-refractivity contribution in [2.75, 3.05) is 0 Å². The zero-order chi connectivity index (χ0) is 28.3. The number of rotatable bonds is 4. The first-order chi connectivity index (χ1) is 20.7. The Kier molecular flexibility index (Phi) is 5.48. The molecule has 0 aliphatic heterocycles. The summed E-state index contributed by atoms with van der Waals surface area (Å²) in [5.74, 6) is 0. The van der Waals surface area contributed by atoms with E-state index in [9.17, 15) is 0 Å². The monoisotopic (exact) mass is 535 g/mol. The normalized spacial score (nSPS) is 14.6. The van der Waals surface area contributed by atoms with Crippen LogP contribution in [0.3, 0.4) is 0 Å². The fourth-order valence-corrected chi connectivity index (χ4v) is 7.35. The van der Waals surface area contributed by atoms with Crippen LogP contribution < -0.4 is 0 Å². The molecule has 0 N–H and O–H groups in total. The molecule has 0 amide bonds. The summed E-state index contributed by atoms with van der Waals surface area (Å²) in [6.07, 6.45) is 0. The first-order valence-electron chi connectivity index (χ1n) is 14.5. The maximum absolute atomic E-state index is 5.51. The Labute approximate surface area is 246 Å². The Hall–Kier alpha value is -5.27. The van der Waals surface area contributed by atoms with Gasteiger partial charge in [-0.3, -0.25) is 0 Å². The molecule has 2 aliphatic carbocycles. The summed E-state index contributed by atoms with van der Waals surface area (Å²) < 4.78 is 0. The van der Waals surface area contributed by atoms with Gasteiger partial charge in [-0.1, -0.05) is 152 Å². The molecule has 0 saturated heterocycles. The first kappa shape index (κ1) is 24.5. The molecule has 0 fully saturated rings. The topological polar surface area (TPSA) is 12.4 Å². The molecule has 1 spiro atoms. The van der Waals surface area contributed by atoms with Crippen LogP contribution in [0.5, 0.6) is 0 Å². The molecule has 198 valence electrons. The average Bonchev–Trinajstić information content (AvgIpc) is 3.49. The lowest BCUT2D eigenvalue weighted by atomic mass is 9.67. The lowest BCUT2D eigenvalue weighted by Crippen LogP contribution is -2.32. The summed E-state index contributed by atoms with van der Waals surface area (Å²) >= 11 is 0. The van der Waals surface area contributed by atoms with Crippen LogP contribution in [-0.4, -0.2) is 5.71 Å². The van der Waals surface area contributed by atoms with Gasteiger partial charge in [-0.15, -0.1) is 0 Å². The summed E-state index contributed by atoms with van der Waals surface area (Å²) in [5, 5.41) is 2.38. The smallest absolute Gasteiger partial charge is 0.0766 e. The number of hydrogen-bond donors (Lipinski definition) is 0. The fourth-order valence-electron chi connectivity index (χ4n) is 7.35. The van der Waals surface area contributed by atoms with E-state index < -0.39 is 5.41 Å². The quantitative estimate of drug-likeness (QED) is 0.199. The van der Waals surface area contributed by atoms with E-state index in [4.69, 9.17) is 4.99 Å². The Balaban J connectivity index is 1.52. The third kappa shape index (κ3) is 3.34. The Morgan fingerprint density at radius 1 is 0.548 bits per heavy atom. The van der Waals surface area contributed by atoms with E-state index in [0.29, 0.717) is 0 Å². The van der Waals surface area contributed by atoms with Crippen LogP contribution in [0, 0.1) is 0 Å². The minimum Gasteiger partial charge on any atom is -0.248 e. The number of benzene rings is 6. The molecular formula is C41H29N. The highest BCUT2D eigenvalue weighted by Gasteiger charge is 2.53. The van der Waals surface area contributed by atoms with Gasteiger partial charge in [0.2, 0.25) is 0 Å². The number of nitrogens with zero attached hydrogens (tertiary/aromatic N) is 1. The highest BCUT2D eigenvalue weighted by molar-refractivity contribution is 6.27. The van der Waals surface area contributed by atoms with Gasteiger partial charge in [0.25, 0.3) is 0 Å². The van der Waals surface area contributed by atoms with Gasteiger partial charge >= 0.3 is 0 Å². The van der Waals surface area contributed by atoms with Crippen molar-refractivity contribution >= 4 is 27.8 Å². The van der Waals surface area contributed by atoms with Gasteiger partial charge in [-0.05, 0) is 62.2 Å². The summed E-state index contributed by atoms with van der Waals surface area (Å²) in [6.45, 7) is 6.79. The van der Waals surface area contributed by atoms with E-state index in [1.165, 1.54) is 55.3 Å². The minimum absolute atomic E-state index is 0.499. The summed E-state index contributed by atoms with van der Waals surface area (Å²) in [7, 11) is 0. The van der Waals surface area contributed by atoms with E-state index in [1.54, 1.807) is 0 Å². The van der Waals surface area contributed by atoms with Gasteiger partial charge in [0.05, 0.1) is 16.8 Å². The van der Waals surface area contributed by atoms with E-state index in [2.05, 4.69) is 153 Å². The number of aliphatic imine (C=N–C) groups is 1.